The summed E-state index contributed by atoms with van der Waals surface area (Å²) in [4.78, 5) is 23.0. The summed E-state index contributed by atoms with van der Waals surface area (Å²) in [6, 6.07) is 7.80. The number of benzene rings is 2. The number of aryl methyl sites for hydroxylation is 3. The third-order valence-corrected chi connectivity index (χ3v) is 5.03. The van der Waals surface area contributed by atoms with Gasteiger partial charge in [0.15, 0.2) is 0 Å². The van der Waals surface area contributed by atoms with E-state index in [9.17, 15) is 14.9 Å². The molecule has 0 saturated carbocycles. The van der Waals surface area contributed by atoms with Crippen molar-refractivity contribution in [2.45, 2.75) is 34.6 Å². The van der Waals surface area contributed by atoms with Crippen LogP contribution >= 0.6 is 0 Å². The van der Waals surface area contributed by atoms with E-state index in [0.29, 0.717) is 23.6 Å². The number of non-ortho nitro benzene ring substituents is 1. The van der Waals surface area contributed by atoms with Crippen LogP contribution in [0.5, 0.6) is 5.75 Å². The number of nitrogens with one attached hydrogen (secondary N) is 1. The predicted molar refractivity (Wildman–Crippen MR) is 117 cm³/mol. The minimum atomic E-state index is -0.502. The summed E-state index contributed by atoms with van der Waals surface area (Å²) in [5.41, 5.74) is 4.50. The van der Waals surface area contributed by atoms with Crippen molar-refractivity contribution >= 4 is 33.8 Å². The fraction of sp³-hybridized carbons (Fsp3) is 0.261. The molecule has 0 aliphatic carbocycles. The summed E-state index contributed by atoms with van der Waals surface area (Å²) in [6.45, 7) is 10.1. The number of ether oxygens (including phenoxy) is 1. The van der Waals surface area contributed by atoms with Crippen LogP contribution in [0.2, 0.25) is 0 Å². The van der Waals surface area contributed by atoms with E-state index in [1.54, 1.807) is 6.07 Å². The van der Waals surface area contributed by atoms with Gasteiger partial charge < -0.3 is 14.5 Å². The van der Waals surface area contributed by atoms with Crippen molar-refractivity contribution in [2.24, 2.45) is 0 Å². The van der Waals surface area contributed by atoms with Gasteiger partial charge in [0.2, 0.25) is 5.91 Å². The van der Waals surface area contributed by atoms with Gasteiger partial charge in [-0.1, -0.05) is 6.07 Å². The Morgan fingerprint density at radius 1 is 1.23 bits per heavy atom. The van der Waals surface area contributed by atoms with Crippen molar-refractivity contribution in [1.82, 2.24) is 0 Å². The van der Waals surface area contributed by atoms with Gasteiger partial charge in [0.05, 0.1) is 11.5 Å². The molecule has 1 aromatic heterocycles. The summed E-state index contributed by atoms with van der Waals surface area (Å²) < 4.78 is 11.8. The van der Waals surface area contributed by atoms with Gasteiger partial charge >= 0.3 is 0 Å². The van der Waals surface area contributed by atoms with Gasteiger partial charge in [-0.05, 0) is 57.9 Å². The predicted octanol–water partition coefficient (Wildman–Crippen LogP) is 5.71. The molecule has 1 N–H and O–H groups in total. The van der Waals surface area contributed by atoms with Gasteiger partial charge in [-0.15, -0.1) is 0 Å². The molecule has 0 spiro atoms. The van der Waals surface area contributed by atoms with Crippen molar-refractivity contribution in [3.63, 3.8) is 0 Å². The molecule has 0 saturated heterocycles. The van der Waals surface area contributed by atoms with Crippen LogP contribution in [0.25, 0.3) is 16.5 Å². The molecule has 0 atom stereocenters. The van der Waals surface area contributed by atoms with Crippen molar-refractivity contribution in [3.05, 3.63) is 69.0 Å². The summed E-state index contributed by atoms with van der Waals surface area (Å²) in [5, 5.41) is 14.6. The summed E-state index contributed by atoms with van der Waals surface area (Å²) >= 11 is 0. The van der Waals surface area contributed by atoms with Gasteiger partial charge in [-0.25, -0.2) is 0 Å². The first-order valence-electron chi connectivity index (χ1n) is 9.63. The largest absolute Gasteiger partial charge is 0.493 e. The zero-order chi connectivity index (χ0) is 22.0. The maximum atomic E-state index is 12.5. The molecule has 7 heteroatoms. The average molecular weight is 408 g/mol. The lowest BCUT2D eigenvalue weighted by Crippen LogP contribution is -2.09. The molecule has 0 radical (unpaired) electrons. The Hall–Kier alpha value is -3.61. The van der Waals surface area contributed by atoms with Crippen LogP contribution in [-0.2, 0) is 4.79 Å². The number of carbonyl (C=O) groups is 1. The summed E-state index contributed by atoms with van der Waals surface area (Å²) in [7, 11) is 0. The molecule has 0 unspecified atom stereocenters. The smallest absolute Gasteiger partial charge is 0.271 e. The number of rotatable bonds is 6. The van der Waals surface area contributed by atoms with Crippen LogP contribution in [0.3, 0.4) is 0 Å². The van der Waals surface area contributed by atoms with Crippen LogP contribution in [0, 0.1) is 30.9 Å². The second-order valence-corrected chi connectivity index (χ2v) is 7.10. The van der Waals surface area contributed by atoms with E-state index < -0.39 is 4.92 Å². The van der Waals surface area contributed by atoms with Gasteiger partial charge in [-0.3, -0.25) is 14.9 Å². The Morgan fingerprint density at radius 2 is 1.97 bits per heavy atom. The van der Waals surface area contributed by atoms with Crippen LogP contribution in [-0.4, -0.2) is 17.4 Å². The maximum Gasteiger partial charge on any atom is 0.271 e. The highest BCUT2D eigenvalue weighted by Gasteiger charge is 2.19. The zero-order valence-electron chi connectivity index (χ0n) is 17.7. The highest BCUT2D eigenvalue weighted by Crippen LogP contribution is 2.38. The highest BCUT2D eigenvalue weighted by atomic mass is 16.6. The number of carbonyl (C=O) groups excluding carboxylic acids is 1. The molecular formula is C23H24N2O5. The van der Waals surface area contributed by atoms with Gasteiger partial charge in [0.1, 0.15) is 17.1 Å². The number of nitro groups is 1. The monoisotopic (exact) mass is 408 g/mol. The Kier molecular flexibility index (Phi) is 5.91. The minimum absolute atomic E-state index is 0.0842. The number of anilines is 1. The Balaban J connectivity index is 1.99. The minimum Gasteiger partial charge on any atom is -0.493 e. The normalized spacial score (nSPS) is 11.6. The zero-order valence-corrected chi connectivity index (χ0v) is 17.7. The van der Waals surface area contributed by atoms with Gasteiger partial charge in [0.25, 0.3) is 5.69 Å². The third-order valence-electron chi connectivity index (χ3n) is 5.03. The number of nitrogens with zero attached hydrogens (tertiary/aromatic N) is 1. The quantitative estimate of drug-likeness (QED) is 0.320. The van der Waals surface area contributed by atoms with E-state index in [4.69, 9.17) is 9.15 Å². The Labute approximate surface area is 174 Å². The van der Waals surface area contributed by atoms with Crippen molar-refractivity contribution < 1.29 is 18.9 Å². The number of furan rings is 1. The fourth-order valence-corrected chi connectivity index (χ4v) is 3.39. The molecule has 0 aliphatic heterocycles. The van der Waals surface area contributed by atoms with E-state index in [2.05, 4.69) is 5.32 Å². The molecule has 7 nitrogen and oxygen atoms in total. The first kappa shape index (κ1) is 21.1. The molecule has 3 aromatic rings. The SMILES string of the molecule is CCOc1c(/C(C)=C/C(=O)Nc2cccc([N+](=O)[O-])c2)cc2c(C)c(C)oc2c1C. The van der Waals surface area contributed by atoms with Crippen molar-refractivity contribution in [3.8, 4) is 5.75 Å². The van der Waals surface area contributed by atoms with Crippen molar-refractivity contribution in [1.29, 1.82) is 0 Å². The van der Waals surface area contributed by atoms with Gasteiger partial charge in [0, 0.05) is 40.4 Å². The highest BCUT2D eigenvalue weighted by molar-refractivity contribution is 6.05. The van der Waals surface area contributed by atoms with E-state index in [0.717, 1.165) is 33.4 Å². The van der Waals surface area contributed by atoms with E-state index in [-0.39, 0.29) is 11.6 Å². The van der Waals surface area contributed by atoms with Crippen LogP contribution < -0.4 is 10.1 Å². The second-order valence-electron chi connectivity index (χ2n) is 7.10. The maximum absolute atomic E-state index is 12.5. The summed E-state index contributed by atoms with van der Waals surface area (Å²) in [6.07, 6.45) is 1.46. The Bertz CT molecular complexity index is 1170. The number of fused-ring (bicyclic) bond motifs is 1. The van der Waals surface area contributed by atoms with Crippen molar-refractivity contribution in [2.75, 3.05) is 11.9 Å². The van der Waals surface area contributed by atoms with Crippen LogP contribution in [0.4, 0.5) is 11.4 Å². The number of hydrogen-bond acceptors (Lipinski definition) is 5. The molecule has 0 bridgehead atoms. The lowest BCUT2D eigenvalue weighted by Gasteiger charge is -2.14. The summed E-state index contributed by atoms with van der Waals surface area (Å²) in [5.74, 6) is 1.14. The molecule has 156 valence electrons. The Morgan fingerprint density at radius 3 is 2.63 bits per heavy atom. The number of amides is 1. The first-order chi connectivity index (χ1) is 14.2. The van der Waals surface area contributed by atoms with Crippen LogP contribution in [0.15, 0.2) is 40.8 Å². The molecular weight excluding hydrogens is 384 g/mol. The number of allylic oxidation sites excluding steroid dienone is 1. The van der Waals surface area contributed by atoms with E-state index in [1.165, 1.54) is 24.3 Å². The molecule has 0 aliphatic rings. The molecule has 1 amide bonds. The van der Waals surface area contributed by atoms with E-state index >= 15 is 0 Å². The van der Waals surface area contributed by atoms with Crippen LogP contribution in [0.1, 0.15) is 36.3 Å². The number of hydrogen-bond donors (Lipinski definition) is 1. The first-order valence-corrected chi connectivity index (χ1v) is 9.63. The molecule has 1 heterocycles. The second kappa shape index (κ2) is 8.41. The van der Waals surface area contributed by atoms with E-state index in [1.807, 2.05) is 40.7 Å². The lowest BCUT2D eigenvalue weighted by atomic mass is 9.98. The topological polar surface area (TPSA) is 94.6 Å². The molecule has 3 rings (SSSR count). The molecule has 2 aromatic carbocycles. The standard InChI is InChI=1S/C23H24N2O5/c1-6-29-22-15(4)23-20(14(3)16(5)30-23)12-19(22)13(2)10-21(26)24-17-8-7-9-18(11-17)25(27)28/h7-12H,6H2,1-5H3,(H,24,26)/b13-10+. The fourth-order valence-electron chi connectivity index (χ4n) is 3.39. The van der Waals surface area contributed by atoms with Gasteiger partial charge in [-0.2, -0.15) is 0 Å². The molecule has 30 heavy (non-hydrogen) atoms. The average Bonchev–Trinajstić information content (AvgIpc) is 2.98. The number of nitro benzene ring substituents is 1. The lowest BCUT2D eigenvalue weighted by molar-refractivity contribution is -0.384. The molecule has 0 fully saturated rings. The third kappa shape index (κ3) is 4.05.